The van der Waals surface area contributed by atoms with Gasteiger partial charge < -0.3 is 29.8 Å². The van der Waals surface area contributed by atoms with Crippen LogP contribution >= 0.6 is 11.8 Å². The number of carbonyl (C=O) groups excluding carboxylic acids is 3. The summed E-state index contributed by atoms with van der Waals surface area (Å²) in [6, 6.07) is 11.7. The molecule has 0 radical (unpaired) electrons. The first kappa shape index (κ1) is 33.3. The van der Waals surface area contributed by atoms with E-state index in [1.165, 1.54) is 19.3 Å². The van der Waals surface area contributed by atoms with E-state index in [1.807, 2.05) is 36.7 Å². The highest BCUT2D eigenvalue weighted by molar-refractivity contribution is 7.98. The van der Waals surface area contributed by atoms with E-state index in [-0.39, 0.29) is 12.5 Å². The van der Waals surface area contributed by atoms with Gasteiger partial charge in [0.2, 0.25) is 5.91 Å². The number of thioether (sulfide) groups is 1. The number of ether oxygens (including phenoxy) is 3. The number of carbonyl (C=O) groups is 3. The minimum Gasteiger partial charge on any atom is -0.493 e. The van der Waals surface area contributed by atoms with Crippen molar-refractivity contribution in [3.63, 3.8) is 0 Å². The highest BCUT2D eigenvalue weighted by Gasteiger charge is 2.27. The summed E-state index contributed by atoms with van der Waals surface area (Å²) in [6.07, 6.45) is 6.77. The number of hydrogen-bond donors (Lipinski definition) is 5. The third-order valence-corrected chi connectivity index (χ3v) is 6.91. The number of amides is 3. The molecule has 2 atom stereocenters. The molecule has 3 aromatic rings. The third-order valence-electron chi connectivity index (χ3n) is 6.27. The van der Waals surface area contributed by atoms with Gasteiger partial charge in [0.1, 0.15) is 18.2 Å². The molecule has 1 heterocycles. The number of rotatable bonds is 14. The summed E-state index contributed by atoms with van der Waals surface area (Å²) >= 11 is 1.58. The normalized spacial score (nSPS) is 12.9. The lowest BCUT2D eigenvalue weighted by Gasteiger charge is -2.26. The predicted octanol–water partition coefficient (Wildman–Crippen LogP) is 4.45. The first-order chi connectivity index (χ1) is 20.5. The van der Waals surface area contributed by atoms with E-state index in [0.29, 0.717) is 35.7 Å². The molecule has 3 amide bonds. The van der Waals surface area contributed by atoms with Crippen LogP contribution in [0.15, 0.2) is 54.7 Å². The molecule has 0 saturated carbocycles. The van der Waals surface area contributed by atoms with Gasteiger partial charge in [-0.2, -0.15) is 11.8 Å². The lowest BCUT2D eigenvalue weighted by Crippen LogP contribution is -2.52. The Balaban J connectivity index is 1.82. The van der Waals surface area contributed by atoms with E-state index in [1.54, 1.807) is 56.2 Å². The van der Waals surface area contributed by atoms with E-state index in [9.17, 15) is 14.4 Å². The SMILES string of the molecule is COc1cc(/C=C/C(=O)NO)ccc1OC[C@H](Cc1c[nH]c2ccccc12)NC(=O)[C@H](CCSC)NC(=O)OC(C)(C)C. The Bertz CT molecular complexity index is 1420. The number of methoxy groups -OCH3 is 1. The van der Waals surface area contributed by atoms with Crippen LogP contribution in [0.5, 0.6) is 11.5 Å². The second kappa shape index (κ2) is 15.9. The Kier molecular flexibility index (Phi) is 12.3. The van der Waals surface area contributed by atoms with Crippen LogP contribution in [0.4, 0.5) is 4.79 Å². The van der Waals surface area contributed by atoms with Crippen LogP contribution in [0.25, 0.3) is 17.0 Å². The Labute approximate surface area is 255 Å². The molecule has 0 spiro atoms. The molecule has 0 fully saturated rings. The molecule has 0 aliphatic carbocycles. The number of H-pyrrole nitrogens is 1. The van der Waals surface area contributed by atoms with Gasteiger partial charge in [0, 0.05) is 23.2 Å². The molecule has 0 aliphatic rings. The van der Waals surface area contributed by atoms with Crippen LogP contribution < -0.4 is 25.6 Å². The zero-order chi connectivity index (χ0) is 31.4. The molecule has 5 N–H and O–H groups in total. The lowest BCUT2D eigenvalue weighted by atomic mass is 10.0. The largest absolute Gasteiger partial charge is 0.493 e. The molecule has 0 saturated heterocycles. The monoisotopic (exact) mass is 612 g/mol. The number of benzene rings is 2. The van der Waals surface area contributed by atoms with Gasteiger partial charge >= 0.3 is 6.09 Å². The van der Waals surface area contributed by atoms with Crippen LogP contribution in [-0.4, -0.2) is 71.5 Å². The number of nitrogens with one attached hydrogen (secondary N) is 4. The number of fused-ring (bicyclic) bond motifs is 1. The topological polar surface area (TPSA) is 151 Å². The lowest BCUT2D eigenvalue weighted by molar-refractivity contribution is -0.124. The van der Waals surface area contributed by atoms with Gasteiger partial charge in [0.05, 0.1) is 13.2 Å². The second-order valence-corrected chi connectivity index (χ2v) is 11.8. The number of hydrogen-bond acceptors (Lipinski definition) is 8. The summed E-state index contributed by atoms with van der Waals surface area (Å²) in [6.45, 7) is 5.40. The quantitative estimate of drug-likeness (QED) is 0.102. The molecule has 12 heteroatoms. The average molecular weight is 613 g/mol. The molecule has 0 aliphatic heterocycles. The zero-order valence-corrected chi connectivity index (χ0v) is 25.9. The van der Waals surface area contributed by atoms with Gasteiger partial charge in [-0.25, -0.2) is 10.3 Å². The van der Waals surface area contributed by atoms with Gasteiger partial charge in [-0.15, -0.1) is 0 Å². The van der Waals surface area contributed by atoms with Gasteiger partial charge in [0.25, 0.3) is 5.91 Å². The maximum absolute atomic E-state index is 13.5. The van der Waals surface area contributed by atoms with Crippen LogP contribution in [0.1, 0.15) is 38.3 Å². The van der Waals surface area contributed by atoms with Crippen molar-refractivity contribution >= 4 is 46.6 Å². The minimum absolute atomic E-state index is 0.103. The predicted molar refractivity (Wildman–Crippen MR) is 168 cm³/mol. The summed E-state index contributed by atoms with van der Waals surface area (Å²) in [5.41, 5.74) is 3.47. The van der Waals surface area contributed by atoms with Gasteiger partial charge in [-0.05, 0) is 81.0 Å². The van der Waals surface area contributed by atoms with Crippen molar-refractivity contribution in [3.8, 4) is 11.5 Å². The van der Waals surface area contributed by atoms with Gasteiger partial charge in [-0.1, -0.05) is 24.3 Å². The number of para-hydroxylation sites is 1. The Morgan fingerprint density at radius 3 is 2.56 bits per heavy atom. The van der Waals surface area contributed by atoms with E-state index in [0.717, 1.165) is 16.5 Å². The highest BCUT2D eigenvalue weighted by atomic mass is 32.2. The summed E-state index contributed by atoms with van der Waals surface area (Å²) < 4.78 is 17.0. The average Bonchev–Trinajstić information content (AvgIpc) is 3.38. The standard InChI is InChI=1S/C31H40N4O7S/c1-31(2,3)42-30(38)34-25(14-15-43-5)29(37)33-22(17-21-18-32-24-9-7-6-8-23(21)24)19-41-26-12-10-20(16-27(26)40-4)11-13-28(36)35-39/h6-13,16,18,22,25,32,39H,14-15,17,19H2,1-5H3,(H,33,37)(H,34,38)(H,35,36)/b13-11+/t22-,25-/m0/s1. The second-order valence-electron chi connectivity index (χ2n) is 10.8. The molecule has 2 aromatic carbocycles. The Morgan fingerprint density at radius 1 is 1.09 bits per heavy atom. The fraction of sp³-hybridized carbons (Fsp3) is 0.387. The van der Waals surface area contributed by atoms with Crippen molar-refractivity contribution in [2.45, 2.75) is 51.3 Å². The first-order valence-corrected chi connectivity index (χ1v) is 15.2. The number of alkyl carbamates (subject to hydrolysis) is 1. The third kappa shape index (κ3) is 10.6. The van der Waals surface area contributed by atoms with Crippen molar-refractivity contribution in [1.82, 2.24) is 21.1 Å². The van der Waals surface area contributed by atoms with Crippen molar-refractivity contribution < 1.29 is 33.8 Å². The highest BCUT2D eigenvalue weighted by Crippen LogP contribution is 2.29. The van der Waals surface area contributed by atoms with Crippen LogP contribution in [0.3, 0.4) is 0 Å². The molecule has 43 heavy (non-hydrogen) atoms. The Morgan fingerprint density at radius 2 is 1.86 bits per heavy atom. The van der Waals surface area contributed by atoms with Crippen molar-refractivity contribution in [1.29, 1.82) is 0 Å². The van der Waals surface area contributed by atoms with E-state index in [2.05, 4.69) is 15.6 Å². The molecule has 1 aromatic heterocycles. The molecule has 0 unspecified atom stereocenters. The molecule has 232 valence electrons. The summed E-state index contributed by atoms with van der Waals surface area (Å²) in [5, 5.41) is 15.5. The maximum atomic E-state index is 13.5. The van der Waals surface area contributed by atoms with Gasteiger partial charge in [-0.3, -0.25) is 14.8 Å². The molecule has 3 rings (SSSR count). The van der Waals surface area contributed by atoms with Crippen molar-refractivity contribution in [2.75, 3.05) is 25.7 Å². The summed E-state index contributed by atoms with van der Waals surface area (Å²) in [7, 11) is 1.50. The number of hydroxylamine groups is 1. The molecule has 0 bridgehead atoms. The van der Waals surface area contributed by atoms with Crippen LogP contribution in [0, 0.1) is 0 Å². The number of aromatic amines is 1. The molecular weight excluding hydrogens is 572 g/mol. The van der Waals surface area contributed by atoms with Gasteiger partial charge in [0.15, 0.2) is 11.5 Å². The zero-order valence-electron chi connectivity index (χ0n) is 25.1. The molecule has 11 nitrogen and oxygen atoms in total. The number of aromatic nitrogens is 1. The van der Waals surface area contributed by atoms with E-state index in [4.69, 9.17) is 19.4 Å². The summed E-state index contributed by atoms with van der Waals surface area (Å²) in [5.74, 6) is 0.522. The molecular formula is C31H40N4O7S. The van der Waals surface area contributed by atoms with Crippen molar-refractivity contribution in [3.05, 3.63) is 65.9 Å². The first-order valence-electron chi connectivity index (χ1n) is 13.8. The minimum atomic E-state index is -0.801. The fourth-order valence-electron chi connectivity index (χ4n) is 4.28. The smallest absolute Gasteiger partial charge is 0.408 e. The van der Waals surface area contributed by atoms with E-state index >= 15 is 0 Å². The van der Waals surface area contributed by atoms with Crippen LogP contribution in [-0.2, 0) is 20.7 Å². The van der Waals surface area contributed by atoms with Crippen LogP contribution in [0.2, 0.25) is 0 Å². The fourth-order valence-corrected chi connectivity index (χ4v) is 4.75. The Hall–Kier alpha value is -4.16. The van der Waals surface area contributed by atoms with Crippen molar-refractivity contribution in [2.24, 2.45) is 0 Å². The van der Waals surface area contributed by atoms with E-state index < -0.39 is 29.7 Å². The summed E-state index contributed by atoms with van der Waals surface area (Å²) in [4.78, 5) is 40.7. The maximum Gasteiger partial charge on any atom is 0.408 e.